The predicted molar refractivity (Wildman–Crippen MR) is 93.0 cm³/mol. The molecule has 128 valence electrons. The summed E-state index contributed by atoms with van der Waals surface area (Å²) in [6.45, 7) is 3.30. The zero-order chi connectivity index (χ0) is 17.2. The Kier molecular flexibility index (Phi) is 4.07. The number of rotatable bonds is 4. The highest BCUT2D eigenvalue weighted by molar-refractivity contribution is 6.04. The molecule has 1 amide bonds. The maximum atomic E-state index is 12.6. The van der Waals surface area contributed by atoms with Crippen LogP contribution in [0.3, 0.4) is 0 Å². The number of ether oxygens (including phenoxy) is 1. The smallest absolute Gasteiger partial charge is 0.259 e. The molecule has 0 radical (unpaired) electrons. The van der Waals surface area contributed by atoms with Gasteiger partial charge in [-0.1, -0.05) is 18.2 Å². The number of anilines is 1. The molecule has 1 aliphatic rings. The van der Waals surface area contributed by atoms with Crippen molar-refractivity contribution in [3.8, 4) is 5.69 Å². The second kappa shape index (κ2) is 6.52. The van der Waals surface area contributed by atoms with Gasteiger partial charge in [0.2, 0.25) is 0 Å². The third-order valence-corrected chi connectivity index (χ3v) is 4.39. The Balaban J connectivity index is 1.51. The van der Waals surface area contributed by atoms with Crippen molar-refractivity contribution >= 4 is 11.6 Å². The lowest BCUT2D eigenvalue weighted by Gasteiger charge is -2.07. The number of carbonyl (C=O) groups is 1. The van der Waals surface area contributed by atoms with Crippen LogP contribution in [-0.2, 0) is 4.74 Å². The number of para-hydroxylation sites is 1. The maximum absolute atomic E-state index is 12.6. The van der Waals surface area contributed by atoms with Gasteiger partial charge in [-0.2, -0.15) is 10.2 Å². The highest BCUT2D eigenvalue weighted by atomic mass is 16.5. The van der Waals surface area contributed by atoms with E-state index in [0.717, 1.165) is 24.4 Å². The van der Waals surface area contributed by atoms with Gasteiger partial charge in [-0.3, -0.25) is 9.48 Å². The Morgan fingerprint density at radius 1 is 1.24 bits per heavy atom. The first-order chi connectivity index (χ1) is 12.2. The topological polar surface area (TPSA) is 74.0 Å². The van der Waals surface area contributed by atoms with Crippen molar-refractivity contribution in [3.63, 3.8) is 0 Å². The second-order valence-electron chi connectivity index (χ2n) is 6.07. The fraction of sp³-hybridized carbons (Fsp3) is 0.278. The Morgan fingerprint density at radius 3 is 2.84 bits per heavy atom. The second-order valence-corrected chi connectivity index (χ2v) is 6.07. The van der Waals surface area contributed by atoms with E-state index in [1.165, 1.54) is 0 Å². The molecule has 7 heteroatoms. The molecule has 0 aliphatic carbocycles. The molecule has 2 aromatic heterocycles. The lowest BCUT2D eigenvalue weighted by molar-refractivity contribution is 0.102. The van der Waals surface area contributed by atoms with Crippen LogP contribution >= 0.6 is 0 Å². The molecule has 1 atom stereocenters. The zero-order valence-corrected chi connectivity index (χ0v) is 13.9. The largest absolute Gasteiger partial charge is 0.379 e. The van der Waals surface area contributed by atoms with Crippen LogP contribution in [0.5, 0.6) is 0 Å². The molecule has 3 aromatic rings. The molecule has 1 aliphatic heterocycles. The van der Waals surface area contributed by atoms with Gasteiger partial charge in [-0.25, -0.2) is 4.68 Å². The fourth-order valence-electron chi connectivity index (χ4n) is 2.99. The summed E-state index contributed by atoms with van der Waals surface area (Å²) in [4.78, 5) is 12.6. The molecule has 1 N–H and O–H groups in total. The maximum Gasteiger partial charge on any atom is 0.259 e. The molecule has 25 heavy (non-hydrogen) atoms. The SMILES string of the molecule is Cc1c(C(=O)Nc2cnn([C@@H]3CCOC3)c2)cnn1-c1ccccc1. The molecule has 0 bridgehead atoms. The molecule has 0 saturated carbocycles. The average Bonchev–Trinajstić information content (AvgIpc) is 3.35. The number of aromatic nitrogens is 4. The summed E-state index contributed by atoms with van der Waals surface area (Å²) >= 11 is 0. The summed E-state index contributed by atoms with van der Waals surface area (Å²) in [6, 6.07) is 9.98. The van der Waals surface area contributed by atoms with E-state index in [1.54, 1.807) is 17.1 Å². The molecule has 1 saturated heterocycles. The van der Waals surface area contributed by atoms with E-state index in [1.807, 2.05) is 48.1 Å². The van der Waals surface area contributed by atoms with Gasteiger partial charge in [0, 0.05) is 12.8 Å². The Labute approximate surface area is 145 Å². The monoisotopic (exact) mass is 337 g/mol. The lowest BCUT2D eigenvalue weighted by Crippen LogP contribution is -2.13. The third kappa shape index (κ3) is 3.06. The first kappa shape index (κ1) is 15.6. The summed E-state index contributed by atoms with van der Waals surface area (Å²) in [6.07, 6.45) is 6.03. The molecule has 0 unspecified atom stereocenters. The number of nitrogens with one attached hydrogen (secondary N) is 1. The highest BCUT2D eigenvalue weighted by Crippen LogP contribution is 2.20. The van der Waals surface area contributed by atoms with Gasteiger partial charge in [0.1, 0.15) is 0 Å². The van der Waals surface area contributed by atoms with Crippen molar-refractivity contribution in [2.45, 2.75) is 19.4 Å². The Hall–Kier alpha value is -2.93. The molecule has 4 rings (SSSR count). The van der Waals surface area contributed by atoms with Gasteiger partial charge in [-0.15, -0.1) is 0 Å². The average molecular weight is 337 g/mol. The van der Waals surface area contributed by atoms with Crippen LogP contribution in [0.1, 0.15) is 28.5 Å². The highest BCUT2D eigenvalue weighted by Gasteiger charge is 2.20. The number of carbonyl (C=O) groups excluding carboxylic acids is 1. The van der Waals surface area contributed by atoms with Gasteiger partial charge in [0.05, 0.1) is 47.7 Å². The van der Waals surface area contributed by atoms with Crippen molar-refractivity contribution < 1.29 is 9.53 Å². The van der Waals surface area contributed by atoms with Crippen molar-refractivity contribution in [2.24, 2.45) is 0 Å². The summed E-state index contributed by atoms with van der Waals surface area (Å²) in [5.41, 5.74) is 2.93. The number of benzene rings is 1. The van der Waals surface area contributed by atoms with E-state index in [9.17, 15) is 4.79 Å². The standard InChI is InChI=1S/C18H19N5O2/c1-13-17(10-20-23(13)15-5-3-2-4-6-15)18(24)21-14-9-19-22(11-14)16-7-8-25-12-16/h2-6,9-11,16H,7-8,12H2,1H3,(H,21,24)/t16-/m1/s1. The molecule has 0 spiro atoms. The number of hydrogen-bond donors (Lipinski definition) is 1. The predicted octanol–water partition coefficient (Wildman–Crippen LogP) is 2.59. The normalized spacial score (nSPS) is 16.9. The van der Waals surface area contributed by atoms with E-state index in [4.69, 9.17) is 4.74 Å². The minimum Gasteiger partial charge on any atom is -0.379 e. The van der Waals surface area contributed by atoms with Crippen LogP contribution in [0, 0.1) is 6.92 Å². The van der Waals surface area contributed by atoms with Crippen molar-refractivity contribution in [3.05, 3.63) is 60.2 Å². The molecule has 3 heterocycles. The van der Waals surface area contributed by atoms with Gasteiger partial charge >= 0.3 is 0 Å². The number of amides is 1. The van der Waals surface area contributed by atoms with E-state index < -0.39 is 0 Å². The van der Waals surface area contributed by atoms with E-state index >= 15 is 0 Å². The molecular weight excluding hydrogens is 318 g/mol. The number of nitrogens with zero attached hydrogens (tertiary/aromatic N) is 4. The van der Waals surface area contributed by atoms with Crippen LogP contribution in [0.25, 0.3) is 5.69 Å². The summed E-state index contributed by atoms with van der Waals surface area (Å²) < 4.78 is 8.98. The summed E-state index contributed by atoms with van der Waals surface area (Å²) in [7, 11) is 0. The van der Waals surface area contributed by atoms with E-state index in [2.05, 4.69) is 15.5 Å². The first-order valence-electron chi connectivity index (χ1n) is 8.25. The van der Waals surface area contributed by atoms with Crippen LogP contribution in [0.4, 0.5) is 5.69 Å². The Morgan fingerprint density at radius 2 is 2.08 bits per heavy atom. The van der Waals surface area contributed by atoms with Gasteiger partial charge < -0.3 is 10.1 Å². The summed E-state index contributed by atoms with van der Waals surface area (Å²) in [5, 5.41) is 11.5. The van der Waals surface area contributed by atoms with Crippen molar-refractivity contribution in [1.29, 1.82) is 0 Å². The fourth-order valence-corrected chi connectivity index (χ4v) is 2.99. The van der Waals surface area contributed by atoms with Crippen LogP contribution < -0.4 is 5.32 Å². The van der Waals surface area contributed by atoms with Gasteiger partial charge in [0.25, 0.3) is 5.91 Å². The third-order valence-electron chi connectivity index (χ3n) is 4.39. The molecule has 7 nitrogen and oxygen atoms in total. The minimum absolute atomic E-state index is 0.193. The Bertz CT molecular complexity index is 878. The zero-order valence-electron chi connectivity index (χ0n) is 13.9. The summed E-state index contributed by atoms with van der Waals surface area (Å²) in [5.74, 6) is -0.193. The van der Waals surface area contributed by atoms with Gasteiger partial charge in [0.15, 0.2) is 0 Å². The van der Waals surface area contributed by atoms with E-state index in [0.29, 0.717) is 17.9 Å². The minimum atomic E-state index is -0.193. The van der Waals surface area contributed by atoms with Crippen LogP contribution in [0.2, 0.25) is 0 Å². The lowest BCUT2D eigenvalue weighted by atomic mass is 10.2. The molecule has 1 aromatic carbocycles. The molecule has 1 fully saturated rings. The number of hydrogen-bond acceptors (Lipinski definition) is 4. The van der Waals surface area contributed by atoms with E-state index in [-0.39, 0.29) is 11.9 Å². The first-order valence-corrected chi connectivity index (χ1v) is 8.25. The van der Waals surface area contributed by atoms with Crippen LogP contribution in [0.15, 0.2) is 48.9 Å². The van der Waals surface area contributed by atoms with Gasteiger partial charge in [-0.05, 0) is 25.5 Å². The quantitative estimate of drug-likeness (QED) is 0.794. The van der Waals surface area contributed by atoms with Crippen LogP contribution in [-0.4, -0.2) is 38.7 Å². The molecular formula is C18H19N5O2. The van der Waals surface area contributed by atoms with Crippen molar-refractivity contribution in [1.82, 2.24) is 19.6 Å². The van der Waals surface area contributed by atoms with Crippen molar-refractivity contribution in [2.75, 3.05) is 18.5 Å².